The van der Waals surface area contributed by atoms with Gasteiger partial charge in [-0.05, 0) is 55.2 Å². The van der Waals surface area contributed by atoms with Gasteiger partial charge in [0.15, 0.2) is 5.78 Å². The first-order valence-electron chi connectivity index (χ1n) is 9.67. The summed E-state index contributed by atoms with van der Waals surface area (Å²) in [6.45, 7) is 3.98. The average molecular weight is 394 g/mol. The highest BCUT2D eigenvalue weighted by Crippen LogP contribution is 2.42. The minimum absolute atomic E-state index is 0.227. The summed E-state index contributed by atoms with van der Waals surface area (Å²) >= 11 is 0. The van der Waals surface area contributed by atoms with E-state index in [1.54, 1.807) is 33.3 Å². The molecule has 0 fully saturated rings. The van der Waals surface area contributed by atoms with Crippen LogP contribution >= 0.6 is 0 Å². The molecule has 1 aliphatic rings. The molecule has 2 aromatic carbocycles. The number of hydrogen-bond acceptors (Lipinski definition) is 5. The monoisotopic (exact) mass is 394 g/mol. The molecule has 2 atom stereocenters. The summed E-state index contributed by atoms with van der Waals surface area (Å²) < 4.78 is 16.0. The lowest BCUT2D eigenvalue weighted by molar-refractivity contribution is -0.151. The van der Waals surface area contributed by atoms with Crippen LogP contribution in [0.5, 0.6) is 11.5 Å². The first kappa shape index (κ1) is 20.6. The van der Waals surface area contributed by atoms with Crippen LogP contribution < -0.4 is 9.47 Å². The van der Waals surface area contributed by atoms with Crippen molar-refractivity contribution >= 4 is 17.3 Å². The zero-order chi connectivity index (χ0) is 21.0. The molecule has 2 aromatic rings. The molecule has 0 heterocycles. The molecule has 1 aliphatic carbocycles. The van der Waals surface area contributed by atoms with Crippen LogP contribution in [0.4, 0.5) is 0 Å². The Kier molecular flexibility index (Phi) is 6.37. The number of ether oxygens (including phenoxy) is 3. The molecule has 0 aromatic heterocycles. The van der Waals surface area contributed by atoms with Gasteiger partial charge in [0, 0.05) is 12.0 Å². The number of esters is 1. The van der Waals surface area contributed by atoms with Crippen molar-refractivity contribution in [1.29, 1.82) is 0 Å². The second kappa shape index (κ2) is 8.95. The Bertz CT molecular complexity index is 922. The molecule has 0 bridgehead atoms. The maximum absolute atomic E-state index is 13.0. The highest BCUT2D eigenvalue weighted by atomic mass is 16.5. The molecule has 5 heteroatoms. The highest BCUT2D eigenvalue weighted by molar-refractivity contribution is 6.10. The molecule has 0 saturated heterocycles. The second-order valence-electron chi connectivity index (χ2n) is 7.13. The Balaban J connectivity index is 2.09. The van der Waals surface area contributed by atoms with Crippen LogP contribution in [0.1, 0.15) is 36.0 Å². The summed E-state index contributed by atoms with van der Waals surface area (Å²) in [5.74, 6) is -0.768. The minimum atomic E-state index is -0.889. The van der Waals surface area contributed by atoms with Crippen LogP contribution in [0.3, 0.4) is 0 Å². The largest absolute Gasteiger partial charge is 0.497 e. The van der Waals surface area contributed by atoms with Gasteiger partial charge in [-0.15, -0.1) is 0 Å². The third kappa shape index (κ3) is 4.50. The van der Waals surface area contributed by atoms with E-state index in [-0.39, 0.29) is 18.3 Å². The van der Waals surface area contributed by atoms with Gasteiger partial charge in [-0.25, -0.2) is 0 Å². The van der Waals surface area contributed by atoms with E-state index in [0.29, 0.717) is 17.9 Å². The first-order valence-corrected chi connectivity index (χ1v) is 9.67. The van der Waals surface area contributed by atoms with E-state index in [1.807, 2.05) is 43.3 Å². The molecule has 0 aliphatic heterocycles. The summed E-state index contributed by atoms with van der Waals surface area (Å²) in [6, 6.07) is 13.5. The van der Waals surface area contributed by atoms with Crippen molar-refractivity contribution in [2.45, 2.75) is 26.2 Å². The van der Waals surface area contributed by atoms with Crippen LogP contribution in [-0.4, -0.2) is 32.6 Å². The number of hydrogen-bond donors (Lipinski definition) is 0. The maximum atomic E-state index is 13.0. The van der Waals surface area contributed by atoms with Crippen LogP contribution in [0.2, 0.25) is 0 Å². The Hall–Kier alpha value is -3.08. The number of rotatable bonds is 6. The summed E-state index contributed by atoms with van der Waals surface area (Å²) in [5.41, 5.74) is 3.82. The van der Waals surface area contributed by atoms with Crippen molar-refractivity contribution in [3.05, 3.63) is 65.2 Å². The summed E-state index contributed by atoms with van der Waals surface area (Å²) in [6.07, 6.45) is 2.12. The Morgan fingerprint density at radius 1 is 1.07 bits per heavy atom. The van der Waals surface area contributed by atoms with Gasteiger partial charge in [-0.1, -0.05) is 29.8 Å². The second-order valence-corrected chi connectivity index (χ2v) is 7.13. The molecule has 5 nitrogen and oxygen atoms in total. The quantitative estimate of drug-likeness (QED) is 0.539. The van der Waals surface area contributed by atoms with Gasteiger partial charge < -0.3 is 14.2 Å². The summed E-state index contributed by atoms with van der Waals surface area (Å²) in [4.78, 5) is 25.7. The number of allylic oxidation sites excluding steroid dienone is 2. The molecule has 0 amide bonds. The van der Waals surface area contributed by atoms with Crippen molar-refractivity contribution in [3.8, 4) is 11.5 Å². The molecule has 0 unspecified atom stereocenters. The molecule has 3 rings (SSSR count). The van der Waals surface area contributed by atoms with Crippen LogP contribution in [-0.2, 0) is 14.3 Å². The summed E-state index contributed by atoms with van der Waals surface area (Å²) in [5, 5.41) is 0. The first-order chi connectivity index (χ1) is 14.0. The highest BCUT2D eigenvalue weighted by Gasteiger charge is 2.40. The molecule has 0 N–H and O–H groups in total. The molecular formula is C24H26O5. The van der Waals surface area contributed by atoms with Crippen molar-refractivity contribution in [3.63, 3.8) is 0 Å². The molecule has 0 radical (unpaired) electrons. The fraction of sp³-hybridized carbons (Fsp3) is 0.333. The molecular weight excluding hydrogens is 368 g/mol. The lowest BCUT2D eigenvalue weighted by atomic mass is 9.73. The van der Waals surface area contributed by atoms with Crippen molar-refractivity contribution in [2.24, 2.45) is 5.92 Å². The molecule has 29 heavy (non-hydrogen) atoms. The van der Waals surface area contributed by atoms with Gasteiger partial charge >= 0.3 is 5.97 Å². The third-order valence-corrected chi connectivity index (χ3v) is 5.20. The van der Waals surface area contributed by atoms with Crippen LogP contribution in [0.25, 0.3) is 5.57 Å². The van der Waals surface area contributed by atoms with Crippen LogP contribution in [0, 0.1) is 12.8 Å². The van der Waals surface area contributed by atoms with E-state index in [0.717, 1.165) is 22.3 Å². The van der Waals surface area contributed by atoms with Crippen molar-refractivity contribution < 1.29 is 23.8 Å². The Morgan fingerprint density at radius 2 is 1.76 bits per heavy atom. The van der Waals surface area contributed by atoms with Gasteiger partial charge in [0.05, 0.1) is 20.8 Å². The molecule has 152 valence electrons. The topological polar surface area (TPSA) is 61.8 Å². The van der Waals surface area contributed by atoms with Gasteiger partial charge in [0.1, 0.15) is 17.4 Å². The number of methoxy groups -OCH3 is 2. The fourth-order valence-electron chi connectivity index (χ4n) is 3.79. The number of ketones is 1. The fourth-order valence-corrected chi connectivity index (χ4v) is 3.79. The van der Waals surface area contributed by atoms with Gasteiger partial charge in [0.2, 0.25) is 0 Å². The van der Waals surface area contributed by atoms with E-state index in [9.17, 15) is 9.59 Å². The number of aryl methyl sites for hydroxylation is 1. The van der Waals surface area contributed by atoms with E-state index < -0.39 is 11.9 Å². The maximum Gasteiger partial charge on any atom is 0.317 e. The normalized spacial score (nSPS) is 18.8. The van der Waals surface area contributed by atoms with E-state index in [1.165, 1.54) is 0 Å². The lowest BCUT2D eigenvalue weighted by Gasteiger charge is -2.30. The minimum Gasteiger partial charge on any atom is -0.497 e. The number of benzene rings is 2. The zero-order valence-electron chi connectivity index (χ0n) is 17.2. The van der Waals surface area contributed by atoms with Crippen LogP contribution in [0.15, 0.2) is 48.5 Å². The van der Waals surface area contributed by atoms with E-state index >= 15 is 0 Å². The predicted octanol–water partition coefficient (Wildman–Crippen LogP) is 4.33. The number of carbonyl (C=O) groups is 2. The van der Waals surface area contributed by atoms with Gasteiger partial charge in [-0.2, -0.15) is 0 Å². The average Bonchev–Trinajstić information content (AvgIpc) is 2.72. The van der Waals surface area contributed by atoms with Gasteiger partial charge in [0.25, 0.3) is 0 Å². The molecule has 0 saturated carbocycles. The Morgan fingerprint density at radius 3 is 2.34 bits per heavy atom. The molecule has 0 spiro atoms. The SMILES string of the molecule is CCOC(=O)[C@@H]1C(=O)C=C(c2cccc(C)c2)C[C@@H]1c1cc(OC)cc(OC)c1. The smallest absolute Gasteiger partial charge is 0.317 e. The number of carbonyl (C=O) groups excluding carboxylic acids is 2. The Labute approximate surface area is 171 Å². The van der Waals surface area contributed by atoms with Gasteiger partial charge in [-0.3, -0.25) is 9.59 Å². The lowest BCUT2D eigenvalue weighted by Crippen LogP contribution is -2.34. The van der Waals surface area contributed by atoms with Crippen molar-refractivity contribution in [2.75, 3.05) is 20.8 Å². The van der Waals surface area contributed by atoms with E-state index in [2.05, 4.69) is 0 Å². The predicted molar refractivity (Wildman–Crippen MR) is 111 cm³/mol. The zero-order valence-corrected chi connectivity index (χ0v) is 17.2. The van der Waals surface area contributed by atoms with Crippen molar-refractivity contribution in [1.82, 2.24) is 0 Å². The standard InChI is InChI=1S/C24H26O5/c1-5-29-24(26)23-21(18-10-19(27-3)14-20(11-18)28-4)12-17(13-22(23)25)16-8-6-7-15(2)9-16/h6-11,13-14,21,23H,5,12H2,1-4H3/t21-,23+/m1/s1. The summed E-state index contributed by atoms with van der Waals surface area (Å²) in [7, 11) is 3.15. The third-order valence-electron chi connectivity index (χ3n) is 5.20. The van der Waals surface area contributed by atoms with E-state index in [4.69, 9.17) is 14.2 Å².